The summed E-state index contributed by atoms with van der Waals surface area (Å²) < 4.78 is 34.2. The second-order valence-corrected chi connectivity index (χ2v) is 6.99. The Morgan fingerprint density at radius 3 is 2.79 bits per heavy atom. The van der Waals surface area contributed by atoms with Gasteiger partial charge in [0.15, 0.2) is 11.6 Å². The van der Waals surface area contributed by atoms with Gasteiger partial charge in [-0.1, -0.05) is 50.3 Å². The van der Waals surface area contributed by atoms with Crippen LogP contribution in [0.5, 0.6) is 5.75 Å². The van der Waals surface area contributed by atoms with Crippen molar-refractivity contribution in [3.05, 3.63) is 52.6 Å². The van der Waals surface area contributed by atoms with Gasteiger partial charge in [-0.15, -0.1) is 0 Å². The highest BCUT2D eigenvalue weighted by molar-refractivity contribution is 5.45. The van der Waals surface area contributed by atoms with Crippen LogP contribution in [-0.4, -0.2) is 6.61 Å². The highest BCUT2D eigenvalue weighted by Crippen LogP contribution is 2.35. The second-order valence-electron chi connectivity index (χ2n) is 6.99. The van der Waals surface area contributed by atoms with Gasteiger partial charge in [0.1, 0.15) is 12.4 Å². The Morgan fingerprint density at radius 1 is 1.25 bits per heavy atom. The molecule has 1 aromatic carbocycles. The van der Waals surface area contributed by atoms with Gasteiger partial charge in [0.25, 0.3) is 0 Å². The lowest BCUT2D eigenvalue weighted by molar-refractivity contribution is 0.305. The van der Waals surface area contributed by atoms with Gasteiger partial charge in [-0.05, 0) is 37.3 Å². The molecule has 1 aliphatic heterocycles. The molecule has 1 aromatic rings. The Bertz CT molecular complexity index is 639. The van der Waals surface area contributed by atoms with Gasteiger partial charge in [0.05, 0.1) is 0 Å². The topological polar surface area (TPSA) is 9.23 Å². The quantitative estimate of drug-likeness (QED) is 0.650. The molecule has 1 aliphatic carbocycles. The van der Waals surface area contributed by atoms with Gasteiger partial charge in [-0.3, -0.25) is 0 Å². The summed E-state index contributed by atoms with van der Waals surface area (Å²) in [4.78, 5) is 0. The van der Waals surface area contributed by atoms with Crippen LogP contribution in [-0.2, 0) is 12.8 Å². The lowest BCUT2D eigenvalue weighted by Gasteiger charge is -2.23. The first-order chi connectivity index (χ1) is 11.7. The number of hydrogen-bond donors (Lipinski definition) is 0. The Balaban J connectivity index is 1.71. The van der Waals surface area contributed by atoms with Gasteiger partial charge < -0.3 is 4.74 Å². The first kappa shape index (κ1) is 17.2. The van der Waals surface area contributed by atoms with Crippen LogP contribution in [0.4, 0.5) is 8.78 Å². The Kier molecular flexibility index (Phi) is 5.70. The lowest BCUT2D eigenvalue weighted by Crippen LogP contribution is -2.15. The van der Waals surface area contributed by atoms with E-state index >= 15 is 0 Å². The molecule has 0 N–H and O–H groups in total. The largest absolute Gasteiger partial charge is 0.486 e. The second kappa shape index (κ2) is 7.96. The van der Waals surface area contributed by atoms with E-state index in [1.807, 2.05) is 12.1 Å². The molecule has 1 heterocycles. The molecule has 0 unspecified atom stereocenters. The molecule has 130 valence electrons. The molecule has 0 amide bonds. The summed E-state index contributed by atoms with van der Waals surface area (Å²) >= 11 is 0. The minimum Gasteiger partial charge on any atom is -0.486 e. The van der Waals surface area contributed by atoms with Crippen LogP contribution < -0.4 is 4.74 Å². The van der Waals surface area contributed by atoms with Crippen molar-refractivity contribution in [3.8, 4) is 5.75 Å². The Labute approximate surface area is 143 Å². The van der Waals surface area contributed by atoms with Gasteiger partial charge in [0, 0.05) is 17.6 Å². The fourth-order valence-electron chi connectivity index (χ4n) is 3.82. The van der Waals surface area contributed by atoms with E-state index in [2.05, 4.69) is 0 Å². The first-order valence-electron chi connectivity index (χ1n) is 9.12. The van der Waals surface area contributed by atoms with E-state index in [-0.39, 0.29) is 18.3 Å². The monoisotopic (exact) mass is 332 g/mol. The van der Waals surface area contributed by atoms with Crippen LogP contribution in [0.15, 0.2) is 35.7 Å². The van der Waals surface area contributed by atoms with Crippen molar-refractivity contribution in [2.24, 2.45) is 5.92 Å². The number of aryl methyl sites for hydroxylation is 1. The maximum absolute atomic E-state index is 14.7. The number of rotatable bonds is 4. The third-order valence-corrected chi connectivity index (χ3v) is 5.25. The summed E-state index contributed by atoms with van der Waals surface area (Å²) in [6.07, 6.45) is 11.9. The molecule has 1 saturated carbocycles. The minimum atomic E-state index is -0.273. The maximum atomic E-state index is 14.7. The van der Waals surface area contributed by atoms with Crippen LogP contribution >= 0.6 is 0 Å². The van der Waals surface area contributed by atoms with E-state index in [9.17, 15) is 8.78 Å². The average Bonchev–Trinajstić information content (AvgIpc) is 2.62. The molecule has 0 saturated heterocycles. The highest BCUT2D eigenvalue weighted by atomic mass is 19.1. The van der Waals surface area contributed by atoms with Crippen LogP contribution in [0.1, 0.15) is 56.6 Å². The van der Waals surface area contributed by atoms with Crippen LogP contribution in [0.25, 0.3) is 0 Å². The Hall–Kier alpha value is -1.64. The standard InChI is InChI=1S/C21H26F2O/c1-2-6-19(22)18-13-17-12-11-16(20(23)21(17)24-14-18)10-9-15-7-4-3-5-8-15/h2,6,11-12,15H,3-5,7-10,13-14H2,1H3/b6-2-,19-18-. The normalized spacial score (nSPS) is 20.8. The Morgan fingerprint density at radius 2 is 2.04 bits per heavy atom. The van der Waals surface area contributed by atoms with Gasteiger partial charge >= 0.3 is 0 Å². The number of fused-ring (bicyclic) bond motifs is 1. The molecule has 1 fully saturated rings. The summed E-state index contributed by atoms with van der Waals surface area (Å²) in [7, 11) is 0. The fraction of sp³-hybridized carbons (Fsp3) is 0.524. The molecular formula is C21H26F2O. The molecule has 0 bridgehead atoms. The van der Waals surface area contributed by atoms with Gasteiger partial charge in [-0.25, -0.2) is 8.78 Å². The summed E-state index contributed by atoms with van der Waals surface area (Å²) in [5, 5.41) is 0. The molecular weight excluding hydrogens is 306 g/mol. The van der Waals surface area contributed by atoms with Crippen LogP contribution in [0.3, 0.4) is 0 Å². The minimum absolute atomic E-state index is 0.131. The molecule has 0 aromatic heterocycles. The zero-order valence-corrected chi connectivity index (χ0v) is 14.4. The van der Waals surface area contributed by atoms with E-state index in [0.29, 0.717) is 17.7 Å². The van der Waals surface area contributed by atoms with Crippen molar-refractivity contribution in [3.63, 3.8) is 0 Å². The van der Waals surface area contributed by atoms with Gasteiger partial charge in [0.2, 0.25) is 0 Å². The van der Waals surface area contributed by atoms with E-state index in [1.54, 1.807) is 13.0 Å². The van der Waals surface area contributed by atoms with Crippen molar-refractivity contribution in [1.82, 2.24) is 0 Å². The van der Waals surface area contributed by atoms with E-state index in [4.69, 9.17) is 4.74 Å². The van der Waals surface area contributed by atoms with Crippen LogP contribution in [0, 0.1) is 11.7 Å². The van der Waals surface area contributed by atoms with Crippen molar-refractivity contribution in [1.29, 1.82) is 0 Å². The van der Waals surface area contributed by atoms with E-state index in [1.165, 1.54) is 38.2 Å². The average molecular weight is 332 g/mol. The third-order valence-electron chi connectivity index (χ3n) is 5.25. The zero-order valence-electron chi connectivity index (χ0n) is 14.4. The third kappa shape index (κ3) is 3.88. The number of hydrogen-bond acceptors (Lipinski definition) is 1. The van der Waals surface area contributed by atoms with Crippen molar-refractivity contribution < 1.29 is 13.5 Å². The smallest absolute Gasteiger partial charge is 0.168 e. The molecule has 3 heteroatoms. The summed E-state index contributed by atoms with van der Waals surface area (Å²) in [5.41, 5.74) is 2.06. The molecule has 3 rings (SSSR count). The van der Waals surface area contributed by atoms with Crippen LogP contribution in [0.2, 0.25) is 0 Å². The summed E-state index contributed by atoms with van der Waals surface area (Å²) in [6, 6.07) is 3.76. The SMILES string of the molecule is C/C=C\C(F)=C1\COc2c(ccc(CCC3CCCCC3)c2F)C1. The molecule has 0 spiro atoms. The summed E-state index contributed by atoms with van der Waals surface area (Å²) in [6.45, 7) is 1.90. The molecule has 24 heavy (non-hydrogen) atoms. The molecule has 0 atom stereocenters. The summed E-state index contributed by atoms with van der Waals surface area (Å²) in [5.74, 6) is 0.548. The fourth-order valence-corrected chi connectivity index (χ4v) is 3.82. The highest BCUT2D eigenvalue weighted by Gasteiger charge is 2.23. The maximum Gasteiger partial charge on any atom is 0.168 e. The molecule has 1 nitrogen and oxygen atoms in total. The predicted molar refractivity (Wildman–Crippen MR) is 93.4 cm³/mol. The van der Waals surface area contributed by atoms with E-state index < -0.39 is 0 Å². The first-order valence-corrected chi connectivity index (χ1v) is 9.12. The van der Waals surface area contributed by atoms with Crippen molar-refractivity contribution in [2.45, 2.75) is 58.3 Å². The van der Waals surface area contributed by atoms with E-state index in [0.717, 1.165) is 29.9 Å². The lowest BCUT2D eigenvalue weighted by atomic mass is 9.85. The zero-order chi connectivity index (χ0) is 16.9. The number of halogens is 2. The number of benzene rings is 1. The van der Waals surface area contributed by atoms with Gasteiger partial charge in [-0.2, -0.15) is 0 Å². The van der Waals surface area contributed by atoms with Crippen molar-refractivity contribution >= 4 is 0 Å². The molecule has 2 aliphatic rings. The van der Waals surface area contributed by atoms with Crippen molar-refractivity contribution in [2.75, 3.05) is 6.61 Å². The number of ether oxygens (including phenoxy) is 1. The predicted octanol–water partition coefficient (Wildman–Crippen LogP) is 6.07. The molecule has 0 radical (unpaired) electrons. The number of allylic oxidation sites excluding steroid dienone is 3.